The van der Waals surface area contributed by atoms with E-state index in [1.54, 1.807) is 14.2 Å². The first kappa shape index (κ1) is 18.6. The standard InChI is InChI=1S/C20H26N2O3/c1-14(2)12-22-20(23)15-7-5-9-17(11-15)21-13-16-8-6-10-18(24-3)19(16)25-4/h5-11,14,21H,12-13H2,1-4H3,(H,22,23). The third kappa shape index (κ3) is 5.14. The van der Waals surface area contributed by atoms with Crippen LogP contribution in [0.4, 0.5) is 5.69 Å². The second-order valence-electron chi connectivity index (χ2n) is 6.19. The molecule has 25 heavy (non-hydrogen) atoms. The molecule has 0 aliphatic rings. The van der Waals surface area contributed by atoms with E-state index in [9.17, 15) is 4.79 Å². The van der Waals surface area contributed by atoms with E-state index in [4.69, 9.17) is 9.47 Å². The van der Waals surface area contributed by atoms with E-state index in [1.165, 1.54) is 0 Å². The smallest absolute Gasteiger partial charge is 0.251 e. The van der Waals surface area contributed by atoms with Crippen molar-refractivity contribution >= 4 is 11.6 Å². The van der Waals surface area contributed by atoms with Crippen LogP contribution in [-0.4, -0.2) is 26.7 Å². The van der Waals surface area contributed by atoms with Crippen molar-refractivity contribution in [3.63, 3.8) is 0 Å². The topological polar surface area (TPSA) is 59.6 Å². The van der Waals surface area contributed by atoms with E-state index < -0.39 is 0 Å². The van der Waals surface area contributed by atoms with Crippen molar-refractivity contribution in [2.45, 2.75) is 20.4 Å². The fourth-order valence-corrected chi connectivity index (χ4v) is 2.46. The number of benzene rings is 2. The highest BCUT2D eigenvalue weighted by atomic mass is 16.5. The minimum absolute atomic E-state index is 0.0590. The molecule has 0 aromatic heterocycles. The van der Waals surface area contributed by atoms with Crippen LogP contribution in [0.1, 0.15) is 29.8 Å². The maximum absolute atomic E-state index is 12.2. The Morgan fingerprint density at radius 2 is 1.84 bits per heavy atom. The average molecular weight is 342 g/mol. The molecule has 0 saturated carbocycles. The molecule has 0 fully saturated rings. The average Bonchev–Trinajstić information content (AvgIpc) is 2.64. The predicted octanol–water partition coefficient (Wildman–Crippen LogP) is 3.70. The summed E-state index contributed by atoms with van der Waals surface area (Å²) in [5, 5.41) is 6.26. The van der Waals surface area contributed by atoms with Crippen molar-refractivity contribution in [2.75, 3.05) is 26.1 Å². The number of rotatable bonds is 8. The van der Waals surface area contributed by atoms with E-state index in [-0.39, 0.29) is 5.91 Å². The Labute approximate surface area is 149 Å². The molecular weight excluding hydrogens is 316 g/mol. The van der Waals surface area contributed by atoms with Crippen molar-refractivity contribution in [3.05, 3.63) is 53.6 Å². The van der Waals surface area contributed by atoms with Gasteiger partial charge in [-0.15, -0.1) is 0 Å². The van der Waals surface area contributed by atoms with Crippen molar-refractivity contribution in [1.29, 1.82) is 0 Å². The first-order valence-corrected chi connectivity index (χ1v) is 8.37. The number of methoxy groups -OCH3 is 2. The SMILES string of the molecule is COc1cccc(CNc2cccc(C(=O)NCC(C)C)c2)c1OC. The molecule has 5 nitrogen and oxygen atoms in total. The number of hydrogen-bond acceptors (Lipinski definition) is 4. The number of carbonyl (C=O) groups is 1. The van der Waals surface area contributed by atoms with Gasteiger partial charge in [-0.3, -0.25) is 4.79 Å². The Morgan fingerprint density at radius 1 is 1.08 bits per heavy atom. The molecule has 0 saturated heterocycles. The van der Waals surface area contributed by atoms with Gasteiger partial charge in [0.15, 0.2) is 11.5 Å². The summed E-state index contributed by atoms with van der Waals surface area (Å²) in [6.07, 6.45) is 0. The lowest BCUT2D eigenvalue weighted by Crippen LogP contribution is -2.27. The molecule has 0 spiro atoms. The van der Waals surface area contributed by atoms with Gasteiger partial charge in [-0.05, 0) is 30.2 Å². The molecule has 0 unspecified atom stereocenters. The number of amides is 1. The molecule has 0 aliphatic carbocycles. The molecule has 0 aliphatic heterocycles. The Morgan fingerprint density at radius 3 is 2.52 bits per heavy atom. The quantitative estimate of drug-likeness (QED) is 0.768. The molecule has 134 valence electrons. The second-order valence-corrected chi connectivity index (χ2v) is 6.19. The Hall–Kier alpha value is -2.69. The monoisotopic (exact) mass is 342 g/mol. The van der Waals surface area contributed by atoms with Gasteiger partial charge in [0.25, 0.3) is 5.91 Å². The van der Waals surface area contributed by atoms with Crippen molar-refractivity contribution in [1.82, 2.24) is 5.32 Å². The van der Waals surface area contributed by atoms with Gasteiger partial charge in [0, 0.05) is 29.9 Å². The van der Waals surface area contributed by atoms with Crippen molar-refractivity contribution in [2.24, 2.45) is 5.92 Å². The molecule has 0 radical (unpaired) electrons. The fourth-order valence-electron chi connectivity index (χ4n) is 2.46. The molecular formula is C20H26N2O3. The Bertz CT molecular complexity index is 714. The first-order chi connectivity index (χ1) is 12.0. The summed E-state index contributed by atoms with van der Waals surface area (Å²) in [7, 11) is 3.25. The van der Waals surface area contributed by atoms with Crippen LogP contribution in [0.2, 0.25) is 0 Å². The highest BCUT2D eigenvalue weighted by Gasteiger charge is 2.10. The zero-order valence-corrected chi connectivity index (χ0v) is 15.3. The minimum Gasteiger partial charge on any atom is -0.493 e. The summed E-state index contributed by atoms with van der Waals surface area (Å²) in [4.78, 5) is 12.2. The molecule has 1 amide bonds. The maximum Gasteiger partial charge on any atom is 0.251 e. The number of anilines is 1. The van der Waals surface area contributed by atoms with Crippen LogP contribution < -0.4 is 20.1 Å². The van der Waals surface area contributed by atoms with Crippen LogP contribution in [0, 0.1) is 5.92 Å². The van der Waals surface area contributed by atoms with Crippen LogP contribution in [0.25, 0.3) is 0 Å². The van der Waals surface area contributed by atoms with Gasteiger partial charge in [0.2, 0.25) is 0 Å². The number of nitrogens with one attached hydrogen (secondary N) is 2. The van der Waals surface area contributed by atoms with Crippen molar-refractivity contribution < 1.29 is 14.3 Å². The molecule has 2 aromatic carbocycles. The van der Waals surface area contributed by atoms with Crippen LogP contribution in [-0.2, 0) is 6.54 Å². The second kappa shape index (κ2) is 8.97. The summed E-state index contributed by atoms with van der Waals surface area (Å²) in [5.74, 6) is 1.77. The molecule has 5 heteroatoms. The Kier molecular flexibility index (Phi) is 6.69. The number of para-hydroxylation sites is 1. The van der Waals surface area contributed by atoms with Crippen LogP contribution in [0.3, 0.4) is 0 Å². The molecule has 2 rings (SSSR count). The lowest BCUT2D eigenvalue weighted by molar-refractivity contribution is 0.0949. The van der Waals surface area contributed by atoms with Gasteiger partial charge in [-0.25, -0.2) is 0 Å². The van der Waals surface area contributed by atoms with E-state index >= 15 is 0 Å². The molecule has 2 aromatic rings. The molecule has 0 bridgehead atoms. The van der Waals surface area contributed by atoms with Gasteiger partial charge in [-0.1, -0.05) is 32.0 Å². The zero-order valence-electron chi connectivity index (χ0n) is 15.3. The maximum atomic E-state index is 12.2. The highest BCUT2D eigenvalue weighted by Crippen LogP contribution is 2.31. The van der Waals surface area contributed by atoms with E-state index in [0.717, 1.165) is 11.3 Å². The number of ether oxygens (including phenoxy) is 2. The van der Waals surface area contributed by atoms with E-state index in [2.05, 4.69) is 24.5 Å². The van der Waals surface area contributed by atoms with Gasteiger partial charge in [-0.2, -0.15) is 0 Å². The highest BCUT2D eigenvalue weighted by molar-refractivity contribution is 5.95. The van der Waals surface area contributed by atoms with Crippen LogP contribution >= 0.6 is 0 Å². The largest absolute Gasteiger partial charge is 0.493 e. The van der Waals surface area contributed by atoms with Gasteiger partial charge in [0.05, 0.1) is 14.2 Å². The summed E-state index contributed by atoms with van der Waals surface area (Å²) in [6, 6.07) is 13.2. The van der Waals surface area contributed by atoms with Gasteiger partial charge in [0.1, 0.15) is 0 Å². The van der Waals surface area contributed by atoms with Crippen LogP contribution in [0.15, 0.2) is 42.5 Å². The molecule has 0 heterocycles. The van der Waals surface area contributed by atoms with Gasteiger partial charge >= 0.3 is 0 Å². The molecule has 2 N–H and O–H groups in total. The lowest BCUT2D eigenvalue weighted by Gasteiger charge is -2.14. The normalized spacial score (nSPS) is 10.4. The lowest BCUT2D eigenvalue weighted by atomic mass is 10.1. The summed E-state index contributed by atoms with van der Waals surface area (Å²) < 4.78 is 10.8. The summed E-state index contributed by atoms with van der Waals surface area (Å²) in [5.41, 5.74) is 2.50. The van der Waals surface area contributed by atoms with Crippen molar-refractivity contribution in [3.8, 4) is 11.5 Å². The third-order valence-corrected chi connectivity index (χ3v) is 3.76. The minimum atomic E-state index is -0.0590. The zero-order chi connectivity index (χ0) is 18.2. The fraction of sp³-hybridized carbons (Fsp3) is 0.350. The van der Waals surface area contributed by atoms with Crippen LogP contribution in [0.5, 0.6) is 11.5 Å². The summed E-state index contributed by atoms with van der Waals surface area (Å²) in [6.45, 7) is 5.37. The Balaban J connectivity index is 2.07. The van der Waals surface area contributed by atoms with E-state index in [1.807, 2.05) is 42.5 Å². The van der Waals surface area contributed by atoms with E-state index in [0.29, 0.717) is 36.1 Å². The first-order valence-electron chi connectivity index (χ1n) is 8.37. The summed E-state index contributed by atoms with van der Waals surface area (Å²) >= 11 is 0. The predicted molar refractivity (Wildman–Crippen MR) is 100 cm³/mol. The number of carbonyl (C=O) groups excluding carboxylic acids is 1. The number of hydrogen-bond donors (Lipinski definition) is 2. The third-order valence-electron chi connectivity index (χ3n) is 3.76. The van der Waals surface area contributed by atoms with Gasteiger partial charge < -0.3 is 20.1 Å². The molecule has 0 atom stereocenters.